The van der Waals surface area contributed by atoms with Gasteiger partial charge in [0.1, 0.15) is 5.84 Å². The van der Waals surface area contributed by atoms with Crippen LogP contribution in [0.15, 0.2) is 16.6 Å². The Kier molecular flexibility index (Phi) is 10.0. The van der Waals surface area contributed by atoms with Crippen molar-refractivity contribution >= 4 is 17.7 Å². The molecule has 2 N–H and O–H groups in total. The highest BCUT2D eigenvalue weighted by atomic mass is 16.6. The zero-order valence-electron chi connectivity index (χ0n) is 17.2. The molecule has 0 radical (unpaired) electrons. The van der Waals surface area contributed by atoms with Crippen molar-refractivity contribution in [3.8, 4) is 0 Å². The molecule has 1 aliphatic carbocycles. The second kappa shape index (κ2) is 11.7. The van der Waals surface area contributed by atoms with Crippen LogP contribution in [0.2, 0.25) is 0 Å². The second-order valence-electron chi connectivity index (χ2n) is 6.47. The third-order valence-electron chi connectivity index (χ3n) is 4.34. The number of esters is 1. The number of nitrogens with zero attached hydrogens (tertiary/aromatic N) is 1. The van der Waals surface area contributed by atoms with Crippen LogP contribution >= 0.6 is 0 Å². The van der Waals surface area contributed by atoms with Gasteiger partial charge in [-0.1, -0.05) is 13.8 Å². The van der Waals surface area contributed by atoms with Crippen molar-refractivity contribution in [3.63, 3.8) is 0 Å². The van der Waals surface area contributed by atoms with E-state index in [1.165, 1.54) is 14.0 Å². The summed E-state index contributed by atoms with van der Waals surface area (Å²) >= 11 is 0. The van der Waals surface area contributed by atoms with Crippen LogP contribution in [0.25, 0.3) is 0 Å². The third-order valence-corrected chi connectivity index (χ3v) is 4.34. The topological polar surface area (TPSA) is 98.2 Å². The van der Waals surface area contributed by atoms with Crippen LogP contribution in [0.5, 0.6) is 0 Å². The standard InChI is InChI=1S/C19H33N3O5/c1-7-15(8-2)27-17-11-14(19(24)26-9-3)10-16(18(17)21-13(5)23)20-12(4)22-25-6/h11,15-18H,7-10H2,1-6H3,(H,20,22)(H,21,23). The summed E-state index contributed by atoms with van der Waals surface area (Å²) in [6, 6.07) is -0.782. The van der Waals surface area contributed by atoms with E-state index in [1.807, 2.05) is 13.8 Å². The second-order valence-corrected chi connectivity index (χ2v) is 6.47. The van der Waals surface area contributed by atoms with E-state index >= 15 is 0 Å². The van der Waals surface area contributed by atoms with Gasteiger partial charge in [-0.05, 0) is 32.8 Å². The Morgan fingerprint density at radius 1 is 1.26 bits per heavy atom. The fraction of sp³-hybridized carbons (Fsp3) is 0.737. The van der Waals surface area contributed by atoms with Crippen LogP contribution in [-0.4, -0.2) is 55.7 Å². The molecule has 0 saturated heterocycles. The van der Waals surface area contributed by atoms with Crippen molar-refractivity contribution in [2.45, 2.75) is 78.2 Å². The number of aliphatic imine (C=N–C) groups is 1. The highest BCUT2D eigenvalue weighted by molar-refractivity contribution is 5.89. The Labute approximate surface area is 161 Å². The van der Waals surface area contributed by atoms with Crippen LogP contribution in [0.4, 0.5) is 0 Å². The zero-order chi connectivity index (χ0) is 20.4. The molecule has 1 aliphatic rings. The average molecular weight is 383 g/mol. The van der Waals surface area contributed by atoms with Crippen molar-refractivity contribution in [2.75, 3.05) is 13.7 Å². The first-order valence-corrected chi connectivity index (χ1v) is 9.49. The highest BCUT2D eigenvalue weighted by Gasteiger charge is 2.37. The first kappa shape index (κ1) is 23.1. The maximum absolute atomic E-state index is 12.3. The van der Waals surface area contributed by atoms with E-state index in [0.717, 1.165) is 12.8 Å². The van der Waals surface area contributed by atoms with Gasteiger partial charge in [-0.25, -0.2) is 4.79 Å². The number of amides is 1. The average Bonchev–Trinajstić information content (AvgIpc) is 2.61. The number of hydroxylamine groups is 1. The molecule has 0 saturated carbocycles. The van der Waals surface area contributed by atoms with Crippen LogP contribution in [-0.2, 0) is 23.9 Å². The molecule has 0 spiro atoms. The van der Waals surface area contributed by atoms with Crippen molar-refractivity contribution in [1.29, 1.82) is 0 Å². The number of carbonyl (C=O) groups is 2. The molecule has 0 heterocycles. The number of nitrogens with one attached hydrogen (secondary N) is 2. The number of hydrogen-bond acceptors (Lipinski definition) is 6. The molecule has 1 amide bonds. The lowest BCUT2D eigenvalue weighted by Gasteiger charge is -2.36. The summed E-state index contributed by atoms with van der Waals surface area (Å²) in [4.78, 5) is 33.6. The van der Waals surface area contributed by atoms with E-state index < -0.39 is 12.1 Å². The lowest BCUT2D eigenvalue weighted by molar-refractivity contribution is -0.139. The first-order valence-electron chi connectivity index (χ1n) is 9.49. The maximum Gasteiger partial charge on any atom is 0.333 e. The monoisotopic (exact) mass is 383 g/mol. The van der Waals surface area contributed by atoms with Crippen LogP contribution in [0.3, 0.4) is 0 Å². The minimum atomic E-state index is -0.476. The largest absolute Gasteiger partial charge is 0.463 e. The van der Waals surface area contributed by atoms with Crippen LogP contribution < -0.4 is 10.8 Å². The van der Waals surface area contributed by atoms with E-state index in [-0.39, 0.29) is 24.0 Å². The summed E-state index contributed by atoms with van der Waals surface area (Å²) in [7, 11) is 1.49. The molecule has 3 unspecified atom stereocenters. The zero-order valence-corrected chi connectivity index (χ0v) is 17.2. The molecule has 1 rings (SSSR count). The number of rotatable bonds is 9. The van der Waals surface area contributed by atoms with Gasteiger partial charge in [-0.2, -0.15) is 0 Å². The Bertz CT molecular complexity index is 558. The molecule has 0 aromatic heterocycles. The molecule has 0 aromatic rings. The molecule has 27 heavy (non-hydrogen) atoms. The number of ether oxygens (including phenoxy) is 2. The number of amidine groups is 1. The van der Waals surface area contributed by atoms with E-state index in [4.69, 9.17) is 14.3 Å². The quantitative estimate of drug-likeness (QED) is 0.273. The summed E-state index contributed by atoms with van der Waals surface area (Å²) in [5.74, 6) is -0.0117. The first-order chi connectivity index (χ1) is 12.9. The van der Waals surface area contributed by atoms with Gasteiger partial charge in [-0.15, -0.1) is 0 Å². The lowest BCUT2D eigenvalue weighted by Crippen LogP contribution is -2.53. The summed E-state index contributed by atoms with van der Waals surface area (Å²) in [6.07, 6.45) is 3.32. The van der Waals surface area contributed by atoms with E-state index in [9.17, 15) is 9.59 Å². The predicted molar refractivity (Wildman–Crippen MR) is 103 cm³/mol. The summed E-state index contributed by atoms with van der Waals surface area (Å²) in [5.41, 5.74) is 3.18. The van der Waals surface area contributed by atoms with Gasteiger partial charge < -0.3 is 14.8 Å². The minimum absolute atomic E-state index is 0.0203. The molecule has 154 valence electrons. The number of carbonyl (C=O) groups excluding carboxylic acids is 2. The molecule has 0 aliphatic heterocycles. The van der Waals surface area contributed by atoms with Crippen molar-refractivity contribution < 1.29 is 23.9 Å². The maximum atomic E-state index is 12.3. The Balaban J connectivity index is 3.26. The molecule has 3 atom stereocenters. The van der Waals surface area contributed by atoms with Gasteiger partial charge in [0.25, 0.3) is 0 Å². The van der Waals surface area contributed by atoms with E-state index in [2.05, 4.69) is 15.8 Å². The fourth-order valence-corrected chi connectivity index (χ4v) is 3.11. The smallest absolute Gasteiger partial charge is 0.333 e. The van der Waals surface area contributed by atoms with Gasteiger partial charge >= 0.3 is 5.97 Å². The van der Waals surface area contributed by atoms with Gasteiger partial charge in [-0.3, -0.25) is 20.1 Å². The Hall–Kier alpha value is -1.93. The third kappa shape index (κ3) is 7.30. The van der Waals surface area contributed by atoms with Gasteiger partial charge in [0.2, 0.25) is 5.91 Å². The van der Waals surface area contributed by atoms with Crippen LogP contribution in [0, 0.1) is 0 Å². The fourth-order valence-electron chi connectivity index (χ4n) is 3.11. The van der Waals surface area contributed by atoms with Crippen molar-refractivity contribution in [3.05, 3.63) is 11.6 Å². The van der Waals surface area contributed by atoms with E-state index in [1.54, 1.807) is 19.9 Å². The normalized spacial score (nSPS) is 23.0. The highest BCUT2D eigenvalue weighted by Crippen LogP contribution is 2.27. The lowest BCUT2D eigenvalue weighted by atomic mass is 9.87. The van der Waals surface area contributed by atoms with Gasteiger partial charge in [0.15, 0.2) is 0 Å². The van der Waals surface area contributed by atoms with Gasteiger partial charge in [0, 0.05) is 18.9 Å². The molecule has 0 aromatic carbocycles. The minimum Gasteiger partial charge on any atom is -0.463 e. The molecule has 8 nitrogen and oxygen atoms in total. The molecule has 0 fully saturated rings. The molecule has 0 bridgehead atoms. The number of hydrogen-bond donors (Lipinski definition) is 2. The van der Waals surface area contributed by atoms with Crippen molar-refractivity contribution in [1.82, 2.24) is 10.8 Å². The van der Waals surface area contributed by atoms with Crippen LogP contribution in [0.1, 0.15) is 53.9 Å². The van der Waals surface area contributed by atoms with Gasteiger partial charge in [0.05, 0.1) is 38.0 Å². The summed E-state index contributed by atoms with van der Waals surface area (Å²) in [5, 5.41) is 2.94. The summed E-state index contributed by atoms with van der Waals surface area (Å²) < 4.78 is 11.4. The predicted octanol–water partition coefficient (Wildman–Crippen LogP) is 1.90. The van der Waals surface area contributed by atoms with E-state index in [0.29, 0.717) is 24.4 Å². The van der Waals surface area contributed by atoms with Crippen molar-refractivity contribution in [2.24, 2.45) is 4.99 Å². The molecular formula is C19H33N3O5. The summed E-state index contributed by atoms with van der Waals surface area (Å²) in [6.45, 7) is 9.36. The Morgan fingerprint density at radius 3 is 2.44 bits per heavy atom. The molecule has 8 heteroatoms. The SMILES string of the molecule is CCOC(=O)C1=CC(OC(CC)CC)C(NC(C)=O)C(N=C(C)NOC)C1. The Morgan fingerprint density at radius 2 is 1.93 bits per heavy atom. The molecular weight excluding hydrogens is 350 g/mol.